The predicted octanol–water partition coefficient (Wildman–Crippen LogP) is 3.36. The van der Waals surface area contributed by atoms with E-state index in [1.807, 2.05) is 19.1 Å². The van der Waals surface area contributed by atoms with Crippen LogP contribution in [0.5, 0.6) is 0 Å². The number of aliphatic hydroxyl groups is 1. The van der Waals surface area contributed by atoms with E-state index in [1.165, 1.54) is 18.5 Å². The van der Waals surface area contributed by atoms with Gasteiger partial charge in [0.25, 0.3) is 0 Å². The molecule has 1 aromatic carbocycles. The molecule has 0 bridgehead atoms. The van der Waals surface area contributed by atoms with Gasteiger partial charge in [0.2, 0.25) is 0 Å². The zero-order valence-electron chi connectivity index (χ0n) is 11.1. The summed E-state index contributed by atoms with van der Waals surface area (Å²) in [6, 6.07) is 8.87. The highest BCUT2D eigenvalue weighted by Gasteiger charge is 2.28. The molecular formula is C15H23NO. The van der Waals surface area contributed by atoms with Gasteiger partial charge >= 0.3 is 0 Å². The van der Waals surface area contributed by atoms with Crippen molar-refractivity contribution in [2.24, 2.45) is 5.92 Å². The van der Waals surface area contributed by atoms with E-state index in [9.17, 15) is 5.11 Å². The summed E-state index contributed by atoms with van der Waals surface area (Å²) in [6.45, 7) is 7.54. The molecule has 0 aromatic heterocycles. The minimum absolute atomic E-state index is 0.389. The Morgan fingerprint density at radius 1 is 1.24 bits per heavy atom. The summed E-state index contributed by atoms with van der Waals surface area (Å²) in [6.07, 6.45) is 2.14. The van der Waals surface area contributed by atoms with Crippen LogP contribution in [0.1, 0.15) is 45.3 Å². The molecule has 2 nitrogen and oxygen atoms in total. The lowest BCUT2D eigenvalue weighted by Crippen LogP contribution is -2.34. The summed E-state index contributed by atoms with van der Waals surface area (Å²) in [5.41, 5.74) is 2.28. The highest BCUT2D eigenvalue weighted by Crippen LogP contribution is 2.34. The molecule has 1 N–H and O–H groups in total. The molecule has 2 atom stereocenters. The van der Waals surface area contributed by atoms with Gasteiger partial charge in [-0.15, -0.1) is 0 Å². The van der Waals surface area contributed by atoms with Gasteiger partial charge in [-0.1, -0.05) is 32.0 Å². The highest BCUT2D eigenvalue weighted by molar-refractivity contribution is 5.56. The van der Waals surface area contributed by atoms with Crippen molar-refractivity contribution in [1.82, 2.24) is 0 Å². The van der Waals surface area contributed by atoms with Crippen LogP contribution in [0.4, 0.5) is 5.69 Å². The summed E-state index contributed by atoms with van der Waals surface area (Å²) in [7, 11) is 0. The molecule has 1 aliphatic rings. The summed E-state index contributed by atoms with van der Waals surface area (Å²) >= 11 is 0. The van der Waals surface area contributed by atoms with Crippen molar-refractivity contribution < 1.29 is 5.11 Å². The third kappa shape index (κ3) is 2.47. The van der Waals surface area contributed by atoms with Gasteiger partial charge < -0.3 is 10.0 Å². The fourth-order valence-electron chi connectivity index (χ4n) is 2.89. The first-order valence-corrected chi connectivity index (χ1v) is 6.65. The lowest BCUT2D eigenvalue weighted by atomic mass is 10.00. The Morgan fingerprint density at radius 2 is 1.94 bits per heavy atom. The van der Waals surface area contributed by atoms with Crippen LogP contribution in [0.25, 0.3) is 0 Å². The SMILES string of the molecule is CC(O)c1ccccc1N1CCCC1C(C)C. The standard InChI is InChI=1S/C15H23NO/c1-11(2)14-9-6-10-16(14)15-8-5-4-7-13(15)12(3)17/h4-5,7-8,11-12,14,17H,6,9-10H2,1-3H3. The summed E-state index contributed by atoms with van der Waals surface area (Å²) in [5.74, 6) is 0.666. The summed E-state index contributed by atoms with van der Waals surface area (Å²) < 4.78 is 0. The molecule has 2 heteroatoms. The number of anilines is 1. The van der Waals surface area contributed by atoms with Crippen LogP contribution in [0.15, 0.2) is 24.3 Å². The Balaban J connectivity index is 2.33. The van der Waals surface area contributed by atoms with Crippen molar-refractivity contribution in [2.45, 2.75) is 45.8 Å². The molecule has 2 rings (SSSR count). The van der Waals surface area contributed by atoms with E-state index in [-0.39, 0.29) is 6.10 Å². The molecule has 0 radical (unpaired) electrons. The maximum atomic E-state index is 9.86. The molecule has 0 aliphatic carbocycles. The van der Waals surface area contributed by atoms with Crippen molar-refractivity contribution in [2.75, 3.05) is 11.4 Å². The van der Waals surface area contributed by atoms with E-state index in [0.717, 1.165) is 12.1 Å². The second-order valence-electron chi connectivity index (χ2n) is 5.38. The lowest BCUT2D eigenvalue weighted by molar-refractivity contribution is 0.199. The second kappa shape index (κ2) is 5.09. The first kappa shape index (κ1) is 12.4. The monoisotopic (exact) mass is 233 g/mol. The number of hydrogen-bond donors (Lipinski definition) is 1. The van der Waals surface area contributed by atoms with Gasteiger partial charge in [-0.2, -0.15) is 0 Å². The van der Waals surface area contributed by atoms with Crippen molar-refractivity contribution in [3.8, 4) is 0 Å². The molecule has 1 saturated heterocycles. The molecule has 17 heavy (non-hydrogen) atoms. The Bertz CT molecular complexity index is 373. The third-order valence-corrected chi connectivity index (χ3v) is 3.77. The second-order valence-corrected chi connectivity index (χ2v) is 5.38. The minimum Gasteiger partial charge on any atom is -0.389 e. The van der Waals surface area contributed by atoms with Gasteiger partial charge in [0, 0.05) is 23.8 Å². The zero-order chi connectivity index (χ0) is 12.4. The Hall–Kier alpha value is -1.02. The quantitative estimate of drug-likeness (QED) is 0.865. The van der Waals surface area contributed by atoms with Crippen molar-refractivity contribution in [3.05, 3.63) is 29.8 Å². The van der Waals surface area contributed by atoms with E-state index in [4.69, 9.17) is 0 Å². The average Bonchev–Trinajstić information content (AvgIpc) is 2.77. The number of nitrogens with zero attached hydrogens (tertiary/aromatic N) is 1. The minimum atomic E-state index is -0.389. The molecule has 1 aliphatic heterocycles. The Labute approximate surface area is 104 Å². The van der Waals surface area contributed by atoms with Crippen LogP contribution in [-0.4, -0.2) is 17.7 Å². The number of aliphatic hydroxyl groups excluding tert-OH is 1. The van der Waals surface area contributed by atoms with E-state index < -0.39 is 0 Å². The molecule has 0 amide bonds. The van der Waals surface area contributed by atoms with Gasteiger partial charge in [-0.25, -0.2) is 0 Å². The van der Waals surface area contributed by atoms with E-state index in [2.05, 4.69) is 30.9 Å². The molecule has 1 heterocycles. The molecule has 1 fully saturated rings. The zero-order valence-corrected chi connectivity index (χ0v) is 11.1. The Kier molecular flexibility index (Phi) is 3.72. The van der Waals surface area contributed by atoms with E-state index in [1.54, 1.807) is 0 Å². The van der Waals surface area contributed by atoms with Crippen LogP contribution in [-0.2, 0) is 0 Å². The van der Waals surface area contributed by atoms with Gasteiger partial charge in [-0.3, -0.25) is 0 Å². The lowest BCUT2D eigenvalue weighted by Gasteiger charge is -2.32. The summed E-state index contributed by atoms with van der Waals surface area (Å²) in [5, 5.41) is 9.86. The molecule has 0 spiro atoms. The topological polar surface area (TPSA) is 23.5 Å². The first-order chi connectivity index (χ1) is 8.11. The molecule has 1 aromatic rings. The van der Waals surface area contributed by atoms with Crippen molar-refractivity contribution >= 4 is 5.69 Å². The van der Waals surface area contributed by atoms with Gasteiger partial charge in [-0.05, 0) is 31.7 Å². The molecule has 2 unspecified atom stereocenters. The average molecular weight is 233 g/mol. The normalized spacial score (nSPS) is 22.2. The van der Waals surface area contributed by atoms with Crippen LogP contribution in [0.2, 0.25) is 0 Å². The maximum absolute atomic E-state index is 9.86. The Morgan fingerprint density at radius 3 is 2.59 bits per heavy atom. The summed E-state index contributed by atoms with van der Waals surface area (Å²) in [4.78, 5) is 2.48. The van der Waals surface area contributed by atoms with Crippen LogP contribution in [0.3, 0.4) is 0 Å². The number of hydrogen-bond acceptors (Lipinski definition) is 2. The molecular weight excluding hydrogens is 210 g/mol. The molecule has 94 valence electrons. The van der Waals surface area contributed by atoms with Crippen LogP contribution in [0, 0.1) is 5.92 Å². The fourth-order valence-corrected chi connectivity index (χ4v) is 2.89. The largest absolute Gasteiger partial charge is 0.389 e. The number of para-hydroxylation sites is 1. The van der Waals surface area contributed by atoms with Crippen molar-refractivity contribution in [1.29, 1.82) is 0 Å². The van der Waals surface area contributed by atoms with E-state index >= 15 is 0 Å². The maximum Gasteiger partial charge on any atom is 0.0781 e. The van der Waals surface area contributed by atoms with E-state index in [0.29, 0.717) is 12.0 Å². The van der Waals surface area contributed by atoms with Crippen LogP contribution < -0.4 is 4.90 Å². The first-order valence-electron chi connectivity index (χ1n) is 6.65. The number of benzene rings is 1. The third-order valence-electron chi connectivity index (χ3n) is 3.77. The van der Waals surface area contributed by atoms with Gasteiger partial charge in [0.15, 0.2) is 0 Å². The van der Waals surface area contributed by atoms with Crippen LogP contribution >= 0.6 is 0 Å². The predicted molar refractivity (Wildman–Crippen MR) is 72.3 cm³/mol. The molecule has 0 saturated carbocycles. The fraction of sp³-hybridized carbons (Fsp3) is 0.600. The van der Waals surface area contributed by atoms with Crippen molar-refractivity contribution in [3.63, 3.8) is 0 Å². The van der Waals surface area contributed by atoms with Gasteiger partial charge in [0.1, 0.15) is 0 Å². The highest BCUT2D eigenvalue weighted by atomic mass is 16.3. The smallest absolute Gasteiger partial charge is 0.0781 e. The number of rotatable bonds is 3. The van der Waals surface area contributed by atoms with Gasteiger partial charge in [0.05, 0.1) is 6.10 Å².